The highest BCUT2D eigenvalue weighted by atomic mass is 16.5. The standard InChI is InChI=1S/C18H25N3O3/c1-3-19-8-10-20(11-9-19)16-13-17(22)21(18(16)23)14-6-5-7-15(12-14)24-4-2/h5-7,12,16H,3-4,8-11,13H2,1-2H3. The highest BCUT2D eigenvalue weighted by Gasteiger charge is 2.43. The molecule has 3 rings (SSSR count). The molecule has 0 radical (unpaired) electrons. The van der Waals surface area contributed by atoms with E-state index >= 15 is 0 Å². The van der Waals surface area contributed by atoms with E-state index in [1.165, 1.54) is 4.90 Å². The largest absolute Gasteiger partial charge is 0.494 e. The van der Waals surface area contributed by atoms with E-state index in [1.807, 2.05) is 19.1 Å². The smallest absolute Gasteiger partial charge is 0.251 e. The number of ether oxygens (including phenoxy) is 1. The number of hydrogen-bond donors (Lipinski definition) is 0. The highest BCUT2D eigenvalue weighted by Crippen LogP contribution is 2.28. The summed E-state index contributed by atoms with van der Waals surface area (Å²) in [5, 5.41) is 0. The van der Waals surface area contributed by atoms with E-state index in [-0.39, 0.29) is 24.3 Å². The summed E-state index contributed by atoms with van der Waals surface area (Å²) in [5.74, 6) is 0.436. The first-order valence-electron chi connectivity index (χ1n) is 8.70. The topological polar surface area (TPSA) is 53.1 Å². The molecule has 0 bridgehead atoms. The van der Waals surface area contributed by atoms with E-state index in [2.05, 4.69) is 16.7 Å². The highest BCUT2D eigenvalue weighted by molar-refractivity contribution is 6.22. The van der Waals surface area contributed by atoms with E-state index < -0.39 is 0 Å². The van der Waals surface area contributed by atoms with Gasteiger partial charge in [-0.25, -0.2) is 4.90 Å². The van der Waals surface area contributed by atoms with Crippen LogP contribution in [0.4, 0.5) is 5.69 Å². The Morgan fingerprint density at radius 3 is 2.54 bits per heavy atom. The van der Waals surface area contributed by atoms with E-state index in [1.54, 1.807) is 12.1 Å². The number of nitrogens with zero attached hydrogens (tertiary/aromatic N) is 3. The minimum absolute atomic E-state index is 0.112. The molecule has 2 aliphatic rings. The first-order valence-corrected chi connectivity index (χ1v) is 8.70. The molecule has 0 aliphatic carbocycles. The molecule has 1 aromatic rings. The van der Waals surface area contributed by atoms with Gasteiger partial charge in [-0.3, -0.25) is 14.5 Å². The maximum atomic E-state index is 12.8. The van der Waals surface area contributed by atoms with Crippen LogP contribution < -0.4 is 9.64 Å². The number of carbonyl (C=O) groups excluding carboxylic acids is 2. The number of rotatable bonds is 5. The monoisotopic (exact) mass is 331 g/mol. The zero-order valence-corrected chi connectivity index (χ0v) is 14.4. The Balaban J connectivity index is 1.73. The van der Waals surface area contributed by atoms with Crippen molar-refractivity contribution in [3.8, 4) is 5.75 Å². The fourth-order valence-electron chi connectivity index (χ4n) is 3.44. The van der Waals surface area contributed by atoms with Gasteiger partial charge in [0.15, 0.2) is 0 Å². The van der Waals surface area contributed by atoms with Gasteiger partial charge < -0.3 is 9.64 Å². The predicted molar refractivity (Wildman–Crippen MR) is 92.2 cm³/mol. The van der Waals surface area contributed by atoms with Crippen molar-refractivity contribution in [2.24, 2.45) is 0 Å². The number of hydrogen-bond acceptors (Lipinski definition) is 5. The SMILES string of the molecule is CCOc1cccc(N2C(=O)CC(N3CCN(CC)CC3)C2=O)c1. The molecule has 0 N–H and O–H groups in total. The lowest BCUT2D eigenvalue weighted by molar-refractivity contribution is -0.123. The lowest BCUT2D eigenvalue weighted by Crippen LogP contribution is -2.52. The van der Waals surface area contributed by atoms with Gasteiger partial charge in [0.05, 0.1) is 24.8 Å². The Morgan fingerprint density at radius 2 is 1.88 bits per heavy atom. The summed E-state index contributed by atoms with van der Waals surface area (Å²) in [6.45, 7) is 9.21. The van der Waals surface area contributed by atoms with Crippen LogP contribution in [-0.4, -0.2) is 67.0 Å². The summed E-state index contributed by atoms with van der Waals surface area (Å²) in [6, 6.07) is 6.87. The van der Waals surface area contributed by atoms with E-state index in [0.29, 0.717) is 18.0 Å². The van der Waals surface area contributed by atoms with Gasteiger partial charge in [0.2, 0.25) is 5.91 Å². The van der Waals surface area contributed by atoms with Crippen LogP contribution in [0.5, 0.6) is 5.75 Å². The minimum atomic E-state index is -0.327. The van der Waals surface area contributed by atoms with Crippen molar-refractivity contribution in [3.05, 3.63) is 24.3 Å². The second-order valence-corrected chi connectivity index (χ2v) is 6.19. The van der Waals surface area contributed by atoms with Crippen molar-refractivity contribution in [3.63, 3.8) is 0 Å². The summed E-state index contributed by atoms with van der Waals surface area (Å²) in [7, 11) is 0. The number of anilines is 1. The fraction of sp³-hybridized carbons (Fsp3) is 0.556. The van der Waals surface area contributed by atoms with Crippen molar-refractivity contribution in [2.45, 2.75) is 26.3 Å². The molecular formula is C18H25N3O3. The molecule has 1 unspecified atom stereocenters. The number of amides is 2. The molecule has 6 nitrogen and oxygen atoms in total. The Morgan fingerprint density at radius 1 is 1.12 bits per heavy atom. The van der Waals surface area contributed by atoms with Gasteiger partial charge in [0.1, 0.15) is 5.75 Å². The van der Waals surface area contributed by atoms with Crippen molar-refractivity contribution in [2.75, 3.05) is 44.2 Å². The first kappa shape index (κ1) is 16.9. The Bertz CT molecular complexity index is 611. The summed E-state index contributed by atoms with van der Waals surface area (Å²) >= 11 is 0. The average molecular weight is 331 g/mol. The molecule has 2 amide bonds. The predicted octanol–water partition coefficient (Wildman–Crippen LogP) is 1.35. The van der Waals surface area contributed by atoms with Crippen LogP contribution in [-0.2, 0) is 9.59 Å². The van der Waals surface area contributed by atoms with E-state index in [9.17, 15) is 9.59 Å². The zero-order chi connectivity index (χ0) is 17.1. The van der Waals surface area contributed by atoms with Crippen LogP contribution in [0.25, 0.3) is 0 Å². The van der Waals surface area contributed by atoms with Crippen LogP contribution in [0.15, 0.2) is 24.3 Å². The normalized spacial score (nSPS) is 23.1. The number of benzene rings is 1. The zero-order valence-electron chi connectivity index (χ0n) is 14.4. The summed E-state index contributed by atoms with van der Waals surface area (Å²) in [5.41, 5.74) is 0.602. The van der Waals surface area contributed by atoms with Gasteiger partial charge in [-0.1, -0.05) is 13.0 Å². The molecule has 0 spiro atoms. The van der Waals surface area contributed by atoms with Gasteiger partial charge >= 0.3 is 0 Å². The number of carbonyl (C=O) groups is 2. The lowest BCUT2D eigenvalue weighted by Gasteiger charge is -2.36. The Hall–Kier alpha value is -1.92. The lowest BCUT2D eigenvalue weighted by atomic mass is 10.1. The van der Waals surface area contributed by atoms with Crippen molar-refractivity contribution >= 4 is 17.5 Å². The van der Waals surface area contributed by atoms with Crippen LogP contribution >= 0.6 is 0 Å². The fourth-order valence-corrected chi connectivity index (χ4v) is 3.44. The molecule has 1 atom stereocenters. The molecular weight excluding hydrogens is 306 g/mol. The van der Waals surface area contributed by atoms with Gasteiger partial charge in [-0.2, -0.15) is 0 Å². The van der Waals surface area contributed by atoms with Crippen LogP contribution in [0.3, 0.4) is 0 Å². The number of piperazine rings is 1. The third kappa shape index (κ3) is 3.30. The summed E-state index contributed by atoms with van der Waals surface area (Å²) < 4.78 is 5.48. The van der Waals surface area contributed by atoms with Crippen LogP contribution in [0.2, 0.25) is 0 Å². The molecule has 24 heavy (non-hydrogen) atoms. The molecule has 0 saturated carbocycles. The van der Waals surface area contributed by atoms with Crippen LogP contribution in [0.1, 0.15) is 20.3 Å². The van der Waals surface area contributed by atoms with Crippen molar-refractivity contribution < 1.29 is 14.3 Å². The van der Waals surface area contributed by atoms with E-state index in [4.69, 9.17) is 4.74 Å². The van der Waals surface area contributed by atoms with Gasteiger partial charge in [-0.05, 0) is 25.6 Å². The third-order valence-corrected chi connectivity index (χ3v) is 4.80. The molecule has 2 heterocycles. The molecule has 6 heteroatoms. The minimum Gasteiger partial charge on any atom is -0.494 e. The maximum Gasteiger partial charge on any atom is 0.251 e. The molecule has 1 aromatic carbocycles. The molecule has 2 aliphatic heterocycles. The Labute approximate surface area is 143 Å². The van der Waals surface area contributed by atoms with Gasteiger partial charge in [0.25, 0.3) is 5.91 Å². The van der Waals surface area contributed by atoms with Gasteiger partial charge in [0, 0.05) is 32.2 Å². The third-order valence-electron chi connectivity index (χ3n) is 4.80. The average Bonchev–Trinajstić information content (AvgIpc) is 2.90. The van der Waals surface area contributed by atoms with Crippen LogP contribution in [0, 0.1) is 0 Å². The van der Waals surface area contributed by atoms with E-state index in [0.717, 1.165) is 32.7 Å². The maximum absolute atomic E-state index is 12.8. The second-order valence-electron chi connectivity index (χ2n) is 6.19. The summed E-state index contributed by atoms with van der Waals surface area (Å²) in [6.07, 6.45) is 0.268. The quantitative estimate of drug-likeness (QED) is 0.763. The second kappa shape index (κ2) is 7.32. The first-order chi connectivity index (χ1) is 11.6. The number of likely N-dealkylation sites (N-methyl/N-ethyl adjacent to an activating group) is 1. The number of imide groups is 1. The molecule has 0 aromatic heterocycles. The molecule has 2 fully saturated rings. The molecule has 130 valence electrons. The molecule has 2 saturated heterocycles. The Kier molecular flexibility index (Phi) is 5.16. The summed E-state index contributed by atoms with van der Waals surface area (Å²) in [4.78, 5) is 31.1. The van der Waals surface area contributed by atoms with Gasteiger partial charge in [-0.15, -0.1) is 0 Å². The van der Waals surface area contributed by atoms with Crippen molar-refractivity contribution in [1.29, 1.82) is 0 Å². The van der Waals surface area contributed by atoms with Crippen molar-refractivity contribution in [1.82, 2.24) is 9.80 Å².